The Morgan fingerprint density at radius 2 is 1.72 bits per heavy atom. The fourth-order valence-corrected chi connectivity index (χ4v) is 1.39. The Kier molecular flexibility index (Phi) is 3.10. The maximum atomic E-state index is 12.8. The Labute approximate surface area is 101 Å². The number of alkyl halides is 3. The summed E-state index contributed by atoms with van der Waals surface area (Å²) in [5, 5.41) is 0. The van der Waals surface area contributed by atoms with E-state index in [1.165, 1.54) is 36.7 Å². The molecule has 0 saturated heterocycles. The number of pyridine rings is 1. The average Bonchev–Trinajstić information content (AvgIpc) is 2.31. The summed E-state index contributed by atoms with van der Waals surface area (Å²) in [5.41, 5.74) is 4.48. The van der Waals surface area contributed by atoms with E-state index < -0.39 is 11.7 Å². The summed E-state index contributed by atoms with van der Waals surface area (Å²) in [4.78, 5) is 3.75. The van der Waals surface area contributed by atoms with Gasteiger partial charge in [0.1, 0.15) is 17.1 Å². The summed E-state index contributed by atoms with van der Waals surface area (Å²) >= 11 is 0. The van der Waals surface area contributed by atoms with Gasteiger partial charge < -0.3 is 10.5 Å². The standard InChI is InChI=1S/C12H9F3N2O/c13-12(14,15)10-7-8(16)1-2-11(10)18-9-3-5-17-6-4-9/h1-7H,16H2. The van der Waals surface area contributed by atoms with Crippen LogP contribution in [0.1, 0.15) is 5.56 Å². The van der Waals surface area contributed by atoms with E-state index in [4.69, 9.17) is 10.5 Å². The van der Waals surface area contributed by atoms with Crippen molar-refractivity contribution in [1.82, 2.24) is 4.98 Å². The molecule has 0 atom stereocenters. The van der Waals surface area contributed by atoms with Crippen molar-refractivity contribution in [2.45, 2.75) is 6.18 Å². The quantitative estimate of drug-likeness (QED) is 0.834. The minimum Gasteiger partial charge on any atom is -0.457 e. The lowest BCUT2D eigenvalue weighted by molar-refractivity contribution is -0.138. The third-order valence-electron chi connectivity index (χ3n) is 2.19. The monoisotopic (exact) mass is 254 g/mol. The number of hydrogen-bond donors (Lipinski definition) is 1. The van der Waals surface area contributed by atoms with Crippen LogP contribution in [-0.4, -0.2) is 4.98 Å². The van der Waals surface area contributed by atoms with Crippen LogP contribution in [0.4, 0.5) is 18.9 Å². The Morgan fingerprint density at radius 3 is 2.33 bits per heavy atom. The molecule has 94 valence electrons. The molecular weight excluding hydrogens is 245 g/mol. The van der Waals surface area contributed by atoms with E-state index in [9.17, 15) is 13.2 Å². The number of nitrogens with zero attached hydrogens (tertiary/aromatic N) is 1. The molecule has 2 rings (SSSR count). The van der Waals surface area contributed by atoms with Gasteiger partial charge in [-0.1, -0.05) is 0 Å². The first-order valence-electron chi connectivity index (χ1n) is 5.01. The highest BCUT2D eigenvalue weighted by Crippen LogP contribution is 2.39. The minimum atomic E-state index is -4.52. The summed E-state index contributed by atoms with van der Waals surface area (Å²) in [6.45, 7) is 0. The molecule has 0 aliphatic carbocycles. The van der Waals surface area contributed by atoms with Gasteiger partial charge >= 0.3 is 6.18 Å². The second kappa shape index (κ2) is 4.56. The number of nitrogen functional groups attached to an aromatic ring is 1. The van der Waals surface area contributed by atoms with Crippen LogP contribution in [0.5, 0.6) is 11.5 Å². The maximum Gasteiger partial charge on any atom is 0.420 e. The van der Waals surface area contributed by atoms with Gasteiger partial charge in [-0.2, -0.15) is 13.2 Å². The zero-order valence-electron chi connectivity index (χ0n) is 9.11. The molecule has 0 saturated carbocycles. The van der Waals surface area contributed by atoms with Crippen molar-refractivity contribution in [3.05, 3.63) is 48.3 Å². The van der Waals surface area contributed by atoms with Gasteiger partial charge in [-0.15, -0.1) is 0 Å². The highest BCUT2D eigenvalue weighted by Gasteiger charge is 2.34. The third kappa shape index (κ3) is 2.71. The molecule has 2 N–H and O–H groups in total. The van der Waals surface area contributed by atoms with Gasteiger partial charge in [0.15, 0.2) is 0 Å². The second-order valence-electron chi connectivity index (χ2n) is 3.54. The molecule has 2 aromatic rings. The molecule has 0 fully saturated rings. The molecule has 1 heterocycles. The molecule has 1 aromatic carbocycles. The van der Waals surface area contributed by atoms with Gasteiger partial charge in [-0.05, 0) is 30.3 Å². The molecular formula is C12H9F3N2O. The highest BCUT2D eigenvalue weighted by molar-refractivity contribution is 5.50. The summed E-state index contributed by atoms with van der Waals surface area (Å²) in [7, 11) is 0. The Morgan fingerprint density at radius 1 is 1.06 bits per heavy atom. The number of rotatable bonds is 2. The fourth-order valence-electron chi connectivity index (χ4n) is 1.39. The summed E-state index contributed by atoms with van der Waals surface area (Å²) in [6.07, 6.45) is -1.66. The smallest absolute Gasteiger partial charge is 0.420 e. The molecule has 6 heteroatoms. The van der Waals surface area contributed by atoms with E-state index in [1.807, 2.05) is 0 Å². The van der Waals surface area contributed by atoms with Crippen molar-refractivity contribution in [3.8, 4) is 11.5 Å². The Balaban J connectivity index is 2.39. The van der Waals surface area contributed by atoms with Crippen molar-refractivity contribution in [2.24, 2.45) is 0 Å². The van der Waals surface area contributed by atoms with E-state index in [1.54, 1.807) is 0 Å². The molecule has 3 nitrogen and oxygen atoms in total. The van der Waals surface area contributed by atoms with Gasteiger partial charge in [-0.25, -0.2) is 0 Å². The number of ether oxygens (including phenoxy) is 1. The van der Waals surface area contributed by atoms with Crippen molar-refractivity contribution in [2.75, 3.05) is 5.73 Å². The number of anilines is 1. The molecule has 0 bridgehead atoms. The Hall–Kier alpha value is -2.24. The molecule has 0 radical (unpaired) electrons. The molecule has 1 aromatic heterocycles. The van der Waals surface area contributed by atoms with Crippen LogP contribution in [0.2, 0.25) is 0 Å². The van der Waals surface area contributed by atoms with Crippen LogP contribution in [0.25, 0.3) is 0 Å². The summed E-state index contributed by atoms with van der Waals surface area (Å²) in [6, 6.07) is 6.33. The van der Waals surface area contributed by atoms with E-state index in [2.05, 4.69) is 4.98 Å². The molecule has 18 heavy (non-hydrogen) atoms. The van der Waals surface area contributed by atoms with Crippen LogP contribution < -0.4 is 10.5 Å². The number of benzene rings is 1. The van der Waals surface area contributed by atoms with E-state index in [0.717, 1.165) is 6.07 Å². The zero-order chi connectivity index (χ0) is 13.2. The van der Waals surface area contributed by atoms with Gasteiger partial charge in [0.2, 0.25) is 0 Å². The minimum absolute atomic E-state index is 0.0319. The van der Waals surface area contributed by atoms with Gasteiger partial charge in [0, 0.05) is 18.1 Å². The van der Waals surface area contributed by atoms with Crippen LogP contribution in [0.3, 0.4) is 0 Å². The molecule has 0 amide bonds. The topological polar surface area (TPSA) is 48.1 Å². The maximum absolute atomic E-state index is 12.8. The normalized spacial score (nSPS) is 11.3. The lowest BCUT2D eigenvalue weighted by Gasteiger charge is -2.14. The van der Waals surface area contributed by atoms with E-state index in [-0.39, 0.29) is 17.2 Å². The van der Waals surface area contributed by atoms with Crippen LogP contribution in [-0.2, 0) is 6.18 Å². The van der Waals surface area contributed by atoms with Crippen LogP contribution >= 0.6 is 0 Å². The van der Waals surface area contributed by atoms with Gasteiger partial charge in [-0.3, -0.25) is 4.98 Å². The van der Waals surface area contributed by atoms with Crippen molar-refractivity contribution in [3.63, 3.8) is 0 Å². The number of halogens is 3. The van der Waals surface area contributed by atoms with E-state index >= 15 is 0 Å². The SMILES string of the molecule is Nc1ccc(Oc2ccncc2)c(C(F)(F)F)c1. The highest BCUT2D eigenvalue weighted by atomic mass is 19.4. The van der Waals surface area contributed by atoms with Crippen LogP contribution in [0, 0.1) is 0 Å². The van der Waals surface area contributed by atoms with E-state index in [0.29, 0.717) is 0 Å². The van der Waals surface area contributed by atoms with Gasteiger partial charge in [0.25, 0.3) is 0 Å². The van der Waals surface area contributed by atoms with Crippen molar-refractivity contribution >= 4 is 5.69 Å². The van der Waals surface area contributed by atoms with Crippen molar-refractivity contribution in [1.29, 1.82) is 0 Å². The molecule has 0 aliphatic rings. The fraction of sp³-hybridized carbons (Fsp3) is 0.0833. The second-order valence-corrected chi connectivity index (χ2v) is 3.54. The first-order valence-corrected chi connectivity index (χ1v) is 5.01. The number of aromatic nitrogens is 1. The zero-order valence-corrected chi connectivity index (χ0v) is 9.11. The molecule has 0 unspecified atom stereocenters. The Bertz CT molecular complexity index is 541. The lowest BCUT2D eigenvalue weighted by Crippen LogP contribution is -2.08. The van der Waals surface area contributed by atoms with Crippen LogP contribution in [0.15, 0.2) is 42.7 Å². The van der Waals surface area contributed by atoms with Crippen molar-refractivity contribution < 1.29 is 17.9 Å². The first kappa shape index (κ1) is 12.2. The number of hydrogen-bond acceptors (Lipinski definition) is 3. The average molecular weight is 254 g/mol. The largest absolute Gasteiger partial charge is 0.457 e. The predicted octanol–water partition coefficient (Wildman–Crippen LogP) is 3.47. The summed E-state index contributed by atoms with van der Waals surface area (Å²) < 4.78 is 43.5. The third-order valence-corrected chi connectivity index (χ3v) is 2.19. The van der Waals surface area contributed by atoms with Gasteiger partial charge in [0.05, 0.1) is 0 Å². The first-order chi connectivity index (χ1) is 8.47. The number of nitrogens with two attached hydrogens (primary N) is 1. The summed E-state index contributed by atoms with van der Waals surface area (Å²) in [5.74, 6) is -0.0110. The lowest BCUT2D eigenvalue weighted by atomic mass is 10.1. The predicted molar refractivity (Wildman–Crippen MR) is 60.2 cm³/mol. The molecule has 0 aliphatic heterocycles. The molecule has 0 spiro atoms.